The molecule has 1 saturated heterocycles. The van der Waals surface area contributed by atoms with Crippen molar-refractivity contribution in [1.82, 2.24) is 9.80 Å². The maximum absolute atomic E-state index is 11.9. The highest BCUT2D eigenvalue weighted by Crippen LogP contribution is 2.15. The fourth-order valence-electron chi connectivity index (χ4n) is 2.28. The summed E-state index contributed by atoms with van der Waals surface area (Å²) in [5.41, 5.74) is -0.500. The zero-order valence-corrected chi connectivity index (χ0v) is 12.9. The third-order valence-corrected chi connectivity index (χ3v) is 3.25. The molecule has 0 aromatic carbocycles. The maximum Gasteiger partial charge on any atom is 0.410 e. The second-order valence-electron chi connectivity index (χ2n) is 6.15. The number of amides is 1. The van der Waals surface area contributed by atoms with E-state index in [9.17, 15) is 14.7 Å². The molecular weight excluding hydrogens is 260 g/mol. The zero-order chi connectivity index (χ0) is 15.3. The van der Waals surface area contributed by atoms with E-state index < -0.39 is 17.6 Å². The first kappa shape index (κ1) is 16.8. The summed E-state index contributed by atoms with van der Waals surface area (Å²) in [6.45, 7) is 9.68. The van der Waals surface area contributed by atoms with Gasteiger partial charge in [-0.2, -0.15) is 0 Å². The van der Waals surface area contributed by atoms with Crippen LogP contribution in [0.5, 0.6) is 0 Å². The minimum absolute atomic E-state index is 0.320. The van der Waals surface area contributed by atoms with Crippen LogP contribution in [0.4, 0.5) is 4.79 Å². The first-order valence-corrected chi connectivity index (χ1v) is 7.19. The molecule has 1 rings (SSSR count). The lowest BCUT2D eigenvalue weighted by atomic mass is 10.1. The van der Waals surface area contributed by atoms with Gasteiger partial charge in [0.05, 0.1) is 0 Å². The Bertz CT molecular complexity index is 344. The van der Waals surface area contributed by atoms with Gasteiger partial charge in [0.15, 0.2) is 0 Å². The molecule has 20 heavy (non-hydrogen) atoms. The number of carbonyl (C=O) groups is 2. The number of piperazine rings is 1. The van der Waals surface area contributed by atoms with E-state index in [4.69, 9.17) is 4.74 Å². The maximum atomic E-state index is 11.9. The van der Waals surface area contributed by atoms with Crippen LogP contribution in [0.2, 0.25) is 0 Å². The monoisotopic (exact) mass is 286 g/mol. The first-order chi connectivity index (χ1) is 9.24. The van der Waals surface area contributed by atoms with Crippen LogP contribution in [0, 0.1) is 0 Å². The molecule has 1 heterocycles. The van der Waals surface area contributed by atoms with Gasteiger partial charge in [-0.1, -0.05) is 13.3 Å². The van der Waals surface area contributed by atoms with Gasteiger partial charge in [-0.25, -0.2) is 4.79 Å². The second kappa shape index (κ2) is 6.92. The summed E-state index contributed by atoms with van der Waals surface area (Å²) >= 11 is 0. The quantitative estimate of drug-likeness (QED) is 0.853. The lowest BCUT2D eigenvalue weighted by Crippen LogP contribution is -2.54. The highest BCUT2D eigenvalue weighted by Gasteiger charge is 2.31. The van der Waals surface area contributed by atoms with E-state index >= 15 is 0 Å². The van der Waals surface area contributed by atoms with Gasteiger partial charge in [-0.3, -0.25) is 9.69 Å². The highest BCUT2D eigenvalue weighted by molar-refractivity contribution is 5.73. The topological polar surface area (TPSA) is 70.1 Å². The molecule has 0 aromatic heterocycles. The van der Waals surface area contributed by atoms with E-state index in [1.54, 1.807) is 4.90 Å². The van der Waals surface area contributed by atoms with Crippen molar-refractivity contribution < 1.29 is 19.4 Å². The Balaban J connectivity index is 2.50. The molecule has 0 bridgehead atoms. The number of carboxylic acids is 1. The van der Waals surface area contributed by atoms with Crippen molar-refractivity contribution in [2.45, 2.75) is 52.2 Å². The van der Waals surface area contributed by atoms with Crippen LogP contribution < -0.4 is 0 Å². The number of rotatable bonds is 4. The molecule has 0 spiro atoms. The summed E-state index contributed by atoms with van der Waals surface area (Å²) < 4.78 is 5.32. The molecule has 1 aliphatic rings. The molecule has 0 aliphatic carbocycles. The second-order valence-corrected chi connectivity index (χ2v) is 6.15. The molecule has 1 atom stereocenters. The lowest BCUT2D eigenvalue weighted by molar-refractivity contribution is -0.144. The summed E-state index contributed by atoms with van der Waals surface area (Å²) in [5, 5.41) is 9.24. The van der Waals surface area contributed by atoms with Crippen molar-refractivity contribution in [2.75, 3.05) is 26.2 Å². The summed E-state index contributed by atoms with van der Waals surface area (Å²) in [6.07, 6.45) is 1.16. The largest absolute Gasteiger partial charge is 0.480 e. The Morgan fingerprint density at radius 1 is 1.20 bits per heavy atom. The normalized spacial score (nSPS) is 18.7. The van der Waals surface area contributed by atoms with Gasteiger partial charge >= 0.3 is 12.1 Å². The van der Waals surface area contributed by atoms with Crippen LogP contribution in [-0.4, -0.2) is 64.8 Å². The zero-order valence-electron chi connectivity index (χ0n) is 12.9. The molecule has 1 N–H and O–H groups in total. The van der Waals surface area contributed by atoms with Crippen LogP contribution >= 0.6 is 0 Å². The Labute approximate surface area is 120 Å². The molecule has 0 unspecified atom stereocenters. The van der Waals surface area contributed by atoms with Crippen molar-refractivity contribution in [2.24, 2.45) is 0 Å². The van der Waals surface area contributed by atoms with Gasteiger partial charge < -0.3 is 14.7 Å². The molecule has 1 amide bonds. The SMILES string of the molecule is CCC[C@H](C(=O)O)N1CCN(C(=O)OC(C)(C)C)CC1. The molecule has 0 aromatic rings. The number of hydrogen-bond donors (Lipinski definition) is 1. The van der Waals surface area contributed by atoms with Crippen molar-refractivity contribution in [3.63, 3.8) is 0 Å². The Hall–Kier alpha value is -1.30. The summed E-state index contributed by atoms with van der Waals surface area (Å²) in [4.78, 5) is 26.7. The fraction of sp³-hybridized carbons (Fsp3) is 0.857. The lowest BCUT2D eigenvalue weighted by Gasteiger charge is -2.38. The van der Waals surface area contributed by atoms with Gasteiger partial charge in [-0.15, -0.1) is 0 Å². The van der Waals surface area contributed by atoms with Gasteiger partial charge in [0.1, 0.15) is 11.6 Å². The number of aliphatic carboxylic acids is 1. The average molecular weight is 286 g/mol. The number of ether oxygens (including phenoxy) is 1. The predicted molar refractivity (Wildman–Crippen MR) is 75.7 cm³/mol. The van der Waals surface area contributed by atoms with E-state index in [1.807, 2.05) is 32.6 Å². The van der Waals surface area contributed by atoms with Crippen LogP contribution in [0.3, 0.4) is 0 Å². The summed E-state index contributed by atoms with van der Waals surface area (Å²) in [6, 6.07) is -0.444. The highest BCUT2D eigenvalue weighted by atomic mass is 16.6. The molecule has 0 radical (unpaired) electrons. The first-order valence-electron chi connectivity index (χ1n) is 7.19. The summed E-state index contributed by atoms with van der Waals surface area (Å²) in [7, 11) is 0. The van der Waals surface area contributed by atoms with Crippen molar-refractivity contribution in [1.29, 1.82) is 0 Å². The van der Waals surface area contributed by atoms with Crippen LogP contribution in [0.15, 0.2) is 0 Å². The molecule has 0 saturated carbocycles. The van der Waals surface area contributed by atoms with Crippen molar-refractivity contribution >= 4 is 12.1 Å². The predicted octanol–water partition coefficient (Wildman–Crippen LogP) is 1.79. The molecular formula is C14H26N2O4. The van der Waals surface area contributed by atoms with Gasteiger partial charge in [0.2, 0.25) is 0 Å². The van der Waals surface area contributed by atoms with Crippen LogP contribution in [-0.2, 0) is 9.53 Å². The van der Waals surface area contributed by atoms with E-state index in [0.717, 1.165) is 6.42 Å². The Morgan fingerprint density at radius 3 is 2.15 bits per heavy atom. The number of carboxylic acid groups (broad SMARTS) is 1. The molecule has 6 nitrogen and oxygen atoms in total. The van der Waals surface area contributed by atoms with Crippen LogP contribution in [0.25, 0.3) is 0 Å². The number of hydrogen-bond acceptors (Lipinski definition) is 4. The van der Waals surface area contributed by atoms with Crippen molar-refractivity contribution in [3.05, 3.63) is 0 Å². The van der Waals surface area contributed by atoms with E-state index in [2.05, 4.69) is 0 Å². The fourth-order valence-corrected chi connectivity index (χ4v) is 2.28. The Kier molecular flexibility index (Phi) is 5.80. The number of carbonyl (C=O) groups excluding carboxylic acids is 1. The molecule has 6 heteroatoms. The molecule has 116 valence electrons. The van der Waals surface area contributed by atoms with E-state index in [0.29, 0.717) is 32.6 Å². The van der Waals surface area contributed by atoms with Gasteiger partial charge in [-0.05, 0) is 27.2 Å². The molecule has 1 fully saturated rings. The summed E-state index contributed by atoms with van der Waals surface area (Å²) in [5.74, 6) is -0.780. The van der Waals surface area contributed by atoms with Crippen molar-refractivity contribution in [3.8, 4) is 0 Å². The van der Waals surface area contributed by atoms with E-state index in [-0.39, 0.29) is 6.09 Å². The smallest absolute Gasteiger partial charge is 0.410 e. The minimum atomic E-state index is -0.780. The van der Waals surface area contributed by atoms with Gasteiger partial charge in [0.25, 0.3) is 0 Å². The Morgan fingerprint density at radius 2 is 1.75 bits per heavy atom. The minimum Gasteiger partial charge on any atom is -0.480 e. The van der Waals surface area contributed by atoms with Crippen LogP contribution in [0.1, 0.15) is 40.5 Å². The third kappa shape index (κ3) is 5.00. The number of nitrogens with zero attached hydrogens (tertiary/aromatic N) is 2. The average Bonchev–Trinajstić information content (AvgIpc) is 2.33. The van der Waals surface area contributed by atoms with Gasteiger partial charge in [0, 0.05) is 26.2 Å². The standard InChI is InChI=1S/C14H26N2O4/c1-5-6-11(12(17)18)15-7-9-16(10-8-15)13(19)20-14(2,3)4/h11H,5-10H2,1-4H3,(H,17,18)/t11-/m1/s1. The van der Waals surface area contributed by atoms with E-state index in [1.165, 1.54) is 0 Å². The third-order valence-electron chi connectivity index (χ3n) is 3.25. The molecule has 1 aliphatic heterocycles.